The molecule has 1 fully saturated rings. The minimum Gasteiger partial charge on any atom is -0.446 e. The van der Waals surface area contributed by atoms with E-state index in [-0.39, 0.29) is 24.4 Å². The molecule has 0 radical (unpaired) electrons. The van der Waals surface area contributed by atoms with Crippen molar-refractivity contribution in [2.45, 2.75) is 38.1 Å². The van der Waals surface area contributed by atoms with Gasteiger partial charge in [-0.15, -0.1) is 0 Å². The smallest absolute Gasteiger partial charge is 0.428 e. The lowest BCUT2D eigenvalue weighted by molar-refractivity contribution is -0.230. The number of benzene rings is 1. The fraction of sp³-hybridized carbons (Fsp3) is 0.467. The van der Waals surface area contributed by atoms with Crippen LogP contribution in [0.25, 0.3) is 0 Å². The van der Waals surface area contributed by atoms with Gasteiger partial charge >= 0.3 is 12.1 Å². The molecule has 2 atom stereocenters. The van der Waals surface area contributed by atoms with Gasteiger partial charge in [0, 0.05) is 12.2 Å². The van der Waals surface area contributed by atoms with Crippen molar-refractivity contribution < 1.29 is 32.2 Å². The summed E-state index contributed by atoms with van der Waals surface area (Å²) in [7, 11) is 0. The number of ketones is 1. The lowest BCUT2D eigenvalue weighted by Crippen LogP contribution is -2.43. The molecule has 0 aliphatic carbocycles. The van der Waals surface area contributed by atoms with Gasteiger partial charge in [0.05, 0.1) is 5.56 Å². The van der Waals surface area contributed by atoms with Gasteiger partial charge in [-0.25, -0.2) is 4.79 Å². The Kier molecular flexibility index (Phi) is 4.85. The van der Waals surface area contributed by atoms with Crippen LogP contribution in [-0.4, -0.2) is 36.7 Å². The van der Waals surface area contributed by atoms with Gasteiger partial charge in [0.1, 0.15) is 6.10 Å². The van der Waals surface area contributed by atoms with Crippen LogP contribution >= 0.6 is 0 Å². The minimum absolute atomic E-state index is 0.0442. The molecule has 1 aliphatic rings. The van der Waals surface area contributed by atoms with E-state index < -0.39 is 24.4 Å². The number of esters is 1. The maximum Gasteiger partial charge on any atom is 0.428 e. The van der Waals surface area contributed by atoms with E-state index in [9.17, 15) is 22.8 Å². The van der Waals surface area contributed by atoms with Crippen LogP contribution in [0.2, 0.25) is 0 Å². The predicted molar refractivity (Wildman–Crippen MR) is 70.7 cm³/mol. The molecular formula is C15H15F3O4. The lowest BCUT2D eigenvalue weighted by atomic mass is 10.1. The highest BCUT2D eigenvalue weighted by atomic mass is 19.4. The second kappa shape index (κ2) is 6.48. The van der Waals surface area contributed by atoms with Gasteiger partial charge in [0.2, 0.25) is 6.10 Å². The summed E-state index contributed by atoms with van der Waals surface area (Å²) >= 11 is 0. The standard InChI is InChI=1S/C15H15F3O4/c1-9(19)10-4-6-11(7-5-10)14(20)22-13(15(16,17)18)12-3-2-8-21-12/h4-7,12-13H,2-3,8H2,1H3/t12-,13+/m1/s1. The predicted octanol–water partition coefficient (Wildman–Crippen LogP) is 3.16. The largest absolute Gasteiger partial charge is 0.446 e. The molecule has 120 valence electrons. The summed E-state index contributed by atoms with van der Waals surface area (Å²) in [6, 6.07) is 5.27. The molecule has 1 aromatic carbocycles. The second-order valence-electron chi connectivity index (χ2n) is 5.05. The molecule has 1 heterocycles. The van der Waals surface area contributed by atoms with Gasteiger partial charge in [0.15, 0.2) is 5.78 Å². The van der Waals surface area contributed by atoms with Crippen molar-refractivity contribution in [1.82, 2.24) is 0 Å². The molecule has 7 heteroatoms. The first-order chi connectivity index (χ1) is 10.3. The second-order valence-corrected chi connectivity index (χ2v) is 5.05. The summed E-state index contributed by atoms with van der Waals surface area (Å²) in [5, 5.41) is 0. The van der Waals surface area contributed by atoms with Crippen molar-refractivity contribution in [3.8, 4) is 0 Å². The van der Waals surface area contributed by atoms with Crippen LogP contribution in [0.15, 0.2) is 24.3 Å². The Morgan fingerprint density at radius 2 is 1.82 bits per heavy atom. The van der Waals surface area contributed by atoms with Crippen molar-refractivity contribution in [3.05, 3.63) is 35.4 Å². The summed E-state index contributed by atoms with van der Waals surface area (Å²) in [5.74, 6) is -1.29. The summed E-state index contributed by atoms with van der Waals surface area (Å²) in [6.07, 6.45) is -7.44. The number of Topliss-reactive ketones (excluding diaryl/α,β-unsaturated/α-hetero) is 1. The molecule has 0 N–H and O–H groups in total. The monoisotopic (exact) mass is 316 g/mol. The maximum atomic E-state index is 13.0. The third-order valence-electron chi connectivity index (χ3n) is 3.39. The third-order valence-corrected chi connectivity index (χ3v) is 3.39. The number of alkyl halides is 3. The highest BCUT2D eigenvalue weighted by Gasteiger charge is 2.49. The zero-order valence-electron chi connectivity index (χ0n) is 11.9. The Hall–Kier alpha value is -1.89. The average molecular weight is 316 g/mol. The Morgan fingerprint density at radius 1 is 1.23 bits per heavy atom. The van der Waals surface area contributed by atoms with E-state index in [1.165, 1.54) is 31.2 Å². The third kappa shape index (κ3) is 3.85. The first-order valence-corrected chi connectivity index (χ1v) is 6.79. The molecule has 1 aliphatic heterocycles. The normalized spacial score (nSPS) is 19.7. The highest BCUT2D eigenvalue weighted by Crippen LogP contribution is 2.31. The summed E-state index contributed by atoms with van der Waals surface area (Å²) in [4.78, 5) is 23.0. The Balaban J connectivity index is 2.11. The number of ether oxygens (including phenoxy) is 2. The van der Waals surface area contributed by atoms with E-state index in [4.69, 9.17) is 4.74 Å². The highest BCUT2D eigenvalue weighted by molar-refractivity contribution is 5.96. The van der Waals surface area contributed by atoms with E-state index in [2.05, 4.69) is 4.74 Å². The van der Waals surface area contributed by atoms with Crippen LogP contribution < -0.4 is 0 Å². The van der Waals surface area contributed by atoms with Crippen molar-refractivity contribution in [1.29, 1.82) is 0 Å². The van der Waals surface area contributed by atoms with E-state index in [0.29, 0.717) is 12.0 Å². The number of hydrogen-bond acceptors (Lipinski definition) is 4. The van der Waals surface area contributed by atoms with Crippen LogP contribution in [0.5, 0.6) is 0 Å². The van der Waals surface area contributed by atoms with Crippen LogP contribution in [0.3, 0.4) is 0 Å². The van der Waals surface area contributed by atoms with E-state index in [1.54, 1.807) is 0 Å². The maximum absolute atomic E-state index is 13.0. The van der Waals surface area contributed by atoms with E-state index in [0.717, 1.165) is 0 Å². The number of carbonyl (C=O) groups is 2. The van der Waals surface area contributed by atoms with Gasteiger partial charge in [-0.2, -0.15) is 13.2 Å². The molecule has 0 saturated carbocycles. The SMILES string of the molecule is CC(=O)c1ccc(C(=O)O[C@@H]([C@H]2CCCO2)C(F)(F)F)cc1. The van der Waals surface area contributed by atoms with Gasteiger partial charge in [-0.3, -0.25) is 4.79 Å². The number of hydrogen-bond donors (Lipinski definition) is 0. The van der Waals surface area contributed by atoms with Crippen LogP contribution in [0.1, 0.15) is 40.5 Å². The van der Waals surface area contributed by atoms with Crippen molar-refractivity contribution in [2.24, 2.45) is 0 Å². The number of rotatable bonds is 4. The molecule has 2 rings (SSSR count). The van der Waals surface area contributed by atoms with Gasteiger partial charge in [-0.05, 0) is 31.9 Å². The lowest BCUT2D eigenvalue weighted by Gasteiger charge is -2.25. The molecule has 0 unspecified atom stereocenters. The fourth-order valence-electron chi connectivity index (χ4n) is 2.22. The minimum atomic E-state index is -4.69. The van der Waals surface area contributed by atoms with E-state index in [1.807, 2.05) is 0 Å². The Bertz CT molecular complexity index is 545. The first kappa shape index (κ1) is 16.5. The van der Waals surface area contributed by atoms with E-state index >= 15 is 0 Å². The molecule has 4 nitrogen and oxygen atoms in total. The summed E-state index contributed by atoms with van der Waals surface area (Å²) < 4.78 is 48.6. The average Bonchev–Trinajstić information content (AvgIpc) is 2.97. The molecule has 22 heavy (non-hydrogen) atoms. The molecule has 1 aromatic rings. The van der Waals surface area contributed by atoms with Gasteiger partial charge in [0.25, 0.3) is 0 Å². The van der Waals surface area contributed by atoms with Crippen molar-refractivity contribution >= 4 is 11.8 Å². The summed E-state index contributed by atoms with van der Waals surface area (Å²) in [6.45, 7) is 1.58. The summed E-state index contributed by atoms with van der Waals surface area (Å²) in [5.41, 5.74) is 0.320. The molecule has 0 bridgehead atoms. The van der Waals surface area contributed by atoms with Gasteiger partial charge < -0.3 is 9.47 Å². The molecule has 0 aromatic heterocycles. The molecule has 0 spiro atoms. The molecular weight excluding hydrogens is 301 g/mol. The Labute approximate surface area is 125 Å². The van der Waals surface area contributed by atoms with Crippen LogP contribution in [0, 0.1) is 0 Å². The topological polar surface area (TPSA) is 52.6 Å². The van der Waals surface area contributed by atoms with Crippen molar-refractivity contribution in [3.63, 3.8) is 0 Å². The van der Waals surface area contributed by atoms with Gasteiger partial charge in [-0.1, -0.05) is 12.1 Å². The molecule has 1 saturated heterocycles. The first-order valence-electron chi connectivity index (χ1n) is 6.79. The quantitative estimate of drug-likeness (QED) is 0.632. The van der Waals surface area contributed by atoms with Crippen LogP contribution in [-0.2, 0) is 9.47 Å². The number of halogens is 3. The zero-order chi connectivity index (χ0) is 16.3. The number of carbonyl (C=O) groups excluding carboxylic acids is 2. The Morgan fingerprint density at radius 3 is 2.27 bits per heavy atom. The van der Waals surface area contributed by atoms with Crippen LogP contribution in [0.4, 0.5) is 13.2 Å². The molecule has 0 amide bonds. The fourth-order valence-corrected chi connectivity index (χ4v) is 2.22. The zero-order valence-corrected chi connectivity index (χ0v) is 11.9. The van der Waals surface area contributed by atoms with Crippen molar-refractivity contribution in [2.75, 3.05) is 6.61 Å².